The Labute approximate surface area is 71.9 Å². The molecule has 0 aromatic heterocycles. The minimum Gasteiger partial charge on any atom is -0.384 e. The van der Waals surface area contributed by atoms with Gasteiger partial charge in [0.2, 0.25) is 0 Å². The van der Waals surface area contributed by atoms with E-state index >= 15 is 0 Å². The molecule has 0 spiro atoms. The number of nitrogens with one attached hydrogen (secondary N) is 1. The van der Waals surface area contributed by atoms with Crippen LogP contribution in [0.25, 0.3) is 0 Å². The zero-order chi connectivity index (χ0) is 7.68. The summed E-state index contributed by atoms with van der Waals surface area (Å²) in [5.41, 5.74) is 1.37. The highest BCUT2D eigenvalue weighted by molar-refractivity contribution is 8.03. The average Bonchev–Trinajstić information content (AvgIpc) is 2.04. The topological polar surface area (TPSA) is 12.0 Å². The molecule has 0 amide bonds. The monoisotopic (exact) mass is 167 g/mol. The molecule has 0 aliphatic carbocycles. The fourth-order valence-corrected chi connectivity index (χ4v) is 2.58. The fraction of sp³-hybridized carbons (Fsp3) is 0.556. The van der Waals surface area contributed by atoms with Crippen LogP contribution >= 0.6 is 11.8 Å². The van der Waals surface area contributed by atoms with Crippen LogP contribution in [0.3, 0.4) is 0 Å². The Bertz CT molecular complexity index is 218. The molecule has 0 aromatic carbocycles. The molecule has 2 aliphatic heterocycles. The average molecular weight is 167 g/mol. The molecule has 0 radical (unpaired) electrons. The van der Waals surface area contributed by atoms with Gasteiger partial charge in [-0.05, 0) is 18.4 Å². The Morgan fingerprint density at radius 3 is 3.45 bits per heavy atom. The highest BCUT2D eigenvalue weighted by Crippen LogP contribution is 2.32. The molecule has 1 atom stereocenters. The number of thioether (sulfide) groups is 1. The van der Waals surface area contributed by atoms with E-state index in [0.717, 1.165) is 18.2 Å². The molecule has 0 saturated heterocycles. The van der Waals surface area contributed by atoms with Gasteiger partial charge < -0.3 is 5.32 Å². The van der Waals surface area contributed by atoms with Gasteiger partial charge in [0.25, 0.3) is 0 Å². The fourth-order valence-electron chi connectivity index (χ4n) is 1.48. The minimum atomic E-state index is 0.813. The Morgan fingerprint density at radius 1 is 1.64 bits per heavy atom. The number of hydrogen-bond acceptors (Lipinski definition) is 2. The maximum absolute atomic E-state index is 3.44. The Balaban J connectivity index is 2.19. The molecule has 0 fully saturated rings. The number of hydrogen-bond donors (Lipinski definition) is 1. The SMILES string of the molecule is CC1CNC2=C(C1)SCC=C2. The minimum absolute atomic E-state index is 0.813. The third-order valence-electron chi connectivity index (χ3n) is 2.11. The normalized spacial score (nSPS) is 29.7. The first-order valence-corrected chi connectivity index (χ1v) is 5.11. The molecule has 1 nitrogen and oxygen atoms in total. The van der Waals surface area contributed by atoms with Crippen molar-refractivity contribution in [2.45, 2.75) is 13.3 Å². The van der Waals surface area contributed by atoms with E-state index in [2.05, 4.69) is 24.4 Å². The summed E-state index contributed by atoms with van der Waals surface area (Å²) in [6.07, 6.45) is 5.72. The van der Waals surface area contributed by atoms with Crippen LogP contribution in [0.2, 0.25) is 0 Å². The maximum atomic E-state index is 3.44. The molecular weight excluding hydrogens is 154 g/mol. The van der Waals surface area contributed by atoms with E-state index in [9.17, 15) is 0 Å². The lowest BCUT2D eigenvalue weighted by atomic mass is 10.0. The van der Waals surface area contributed by atoms with Crippen LogP contribution in [0.1, 0.15) is 13.3 Å². The van der Waals surface area contributed by atoms with Crippen molar-refractivity contribution in [2.75, 3.05) is 12.3 Å². The van der Waals surface area contributed by atoms with Gasteiger partial charge >= 0.3 is 0 Å². The van der Waals surface area contributed by atoms with Gasteiger partial charge in [-0.1, -0.05) is 13.0 Å². The zero-order valence-electron chi connectivity index (χ0n) is 6.76. The van der Waals surface area contributed by atoms with Gasteiger partial charge in [0.1, 0.15) is 0 Å². The lowest BCUT2D eigenvalue weighted by Crippen LogP contribution is -2.27. The van der Waals surface area contributed by atoms with Crippen molar-refractivity contribution in [1.29, 1.82) is 0 Å². The van der Waals surface area contributed by atoms with E-state index in [0.29, 0.717) is 0 Å². The molecule has 1 N–H and O–H groups in total. The summed E-state index contributed by atoms with van der Waals surface area (Å²) >= 11 is 1.98. The molecule has 2 rings (SSSR count). The Kier molecular flexibility index (Phi) is 1.95. The van der Waals surface area contributed by atoms with Gasteiger partial charge in [-0.3, -0.25) is 0 Å². The summed E-state index contributed by atoms with van der Waals surface area (Å²) in [5.74, 6) is 1.97. The van der Waals surface area contributed by atoms with Crippen LogP contribution in [0.5, 0.6) is 0 Å². The second-order valence-corrected chi connectivity index (χ2v) is 4.36. The maximum Gasteiger partial charge on any atom is 0.0434 e. The molecule has 0 aromatic rings. The Hall–Kier alpha value is -0.370. The first kappa shape index (κ1) is 7.29. The largest absolute Gasteiger partial charge is 0.384 e. The van der Waals surface area contributed by atoms with Gasteiger partial charge in [-0.25, -0.2) is 0 Å². The third-order valence-corrected chi connectivity index (χ3v) is 3.21. The highest BCUT2D eigenvalue weighted by atomic mass is 32.2. The molecule has 2 heterocycles. The van der Waals surface area contributed by atoms with Crippen LogP contribution in [-0.2, 0) is 0 Å². The van der Waals surface area contributed by atoms with Crippen molar-refractivity contribution in [3.05, 3.63) is 22.8 Å². The predicted molar refractivity (Wildman–Crippen MR) is 50.4 cm³/mol. The standard InChI is InChI=1S/C9H13NS/c1-7-5-9-8(10-6-7)3-2-4-11-9/h2-3,7,10H,4-6H2,1H3. The van der Waals surface area contributed by atoms with Gasteiger partial charge in [-0.15, -0.1) is 11.8 Å². The van der Waals surface area contributed by atoms with Crippen molar-refractivity contribution in [3.63, 3.8) is 0 Å². The molecule has 2 heteroatoms. The van der Waals surface area contributed by atoms with Gasteiger partial charge in [0, 0.05) is 22.9 Å². The van der Waals surface area contributed by atoms with Gasteiger partial charge in [0.05, 0.1) is 0 Å². The summed E-state index contributed by atoms with van der Waals surface area (Å²) < 4.78 is 0. The van der Waals surface area contributed by atoms with Crippen LogP contribution < -0.4 is 5.32 Å². The smallest absolute Gasteiger partial charge is 0.0434 e. The highest BCUT2D eigenvalue weighted by Gasteiger charge is 2.17. The van der Waals surface area contributed by atoms with Gasteiger partial charge in [0.15, 0.2) is 0 Å². The summed E-state index contributed by atoms with van der Waals surface area (Å²) in [5, 5.41) is 3.44. The van der Waals surface area contributed by atoms with E-state index in [1.807, 2.05) is 11.8 Å². The molecule has 1 unspecified atom stereocenters. The van der Waals surface area contributed by atoms with Crippen molar-refractivity contribution >= 4 is 11.8 Å². The van der Waals surface area contributed by atoms with E-state index in [-0.39, 0.29) is 0 Å². The van der Waals surface area contributed by atoms with Crippen LogP contribution in [0.4, 0.5) is 0 Å². The molecule has 0 bridgehead atoms. The summed E-state index contributed by atoms with van der Waals surface area (Å²) in [7, 11) is 0. The third kappa shape index (κ3) is 1.45. The van der Waals surface area contributed by atoms with Crippen LogP contribution in [0.15, 0.2) is 22.8 Å². The summed E-state index contributed by atoms with van der Waals surface area (Å²) in [6.45, 7) is 3.44. The van der Waals surface area contributed by atoms with Crippen molar-refractivity contribution in [1.82, 2.24) is 5.32 Å². The molecule has 0 saturated carbocycles. The summed E-state index contributed by atoms with van der Waals surface area (Å²) in [6, 6.07) is 0. The van der Waals surface area contributed by atoms with Crippen molar-refractivity contribution in [3.8, 4) is 0 Å². The van der Waals surface area contributed by atoms with Crippen LogP contribution in [0, 0.1) is 5.92 Å². The van der Waals surface area contributed by atoms with E-state index in [4.69, 9.17) is 0 Å². The van der Waals surface area contributed by atoms with Crippen molar-refractivity contribution in [2.24, 2.45) is 5.92 Å². The second kappa shape index (κ2) is 2.94. The number of rotatable bonds is 0. The lowest BCUT2D eigenvalue weighted by molar-refractivity contribution is 0.524. The van der Waals surface area contributed by atoms with Crippen LogP contribution in [-0.4, -0.2) is 12.3 Å². The van der Waals surface area contributed by atoms with Crippen molar-refractivity contribution < 1.29 is 0 Å². The lowest BCUT2D eigenvalue weighted by Gasteiger charge is -2.26. The molecule has 60 valence electrons. The summed E-state index contributed by atoms with van der Waals surface area (Å²) in [4.78, 5) is 1.56. The zero-order valence-corrected chi connectivity index (χ0v) is 7.58. The van der Waals surface area contributed by atoms with E-state index in [1.165, 1.54) is 12.1 Å². The molecule has 11 heavy (non-hydrogen) atoms. The predicted octanol–water partition coefficient (Wildman–Crippen LogP) is 2.13. The molecule has 2 aliphatic rings. The first-order chi connectivity index (χ1) is 5.36. The quantitative estimate of drug-likeness (QED) is 0.593. The Morgan fingerprint density at radius 2 is 2.55 bits per heavy atom. The van der Waals surface area contributed by atoms with E-state index in [1.54, 1.807) is 4.91 Å². The van der Waals surface area contributed by atoms with Gasteiger partial charge in [-0.2, -0.15) is 0 Å². The second-order valence-electron chi connectivity index (χ2n) is 3.24. The number of allylic oxidation sites excluding steroid dienone is 2. The first-order valence-electron chi connectivity index (χ1n) is 4.12. The van der Waals surface area contributed by atoms with E-state index < -0.39 is 0 Å². The molecular formula is C9H13NS.